The highest BCUT2D eigenvalue weighted by Gasteiger charge is 2.38. The Labute approximate surface area is 154 Å². The number of nitrogens with zero attached hydrogens (tertiary/aromatic N) is 2. The second-order valence-corrected chi connectivity index (χ2v) is 8.70. The van der Waals surface area contributed by atoms with E-state index in [1.165, 1.54) is 11.4 Å². The highest BCUT2D eigenvalue weighted by atomic mass is 32.2. The van der Waals surface area contributed by atoms with Crippen molar-refractivity contribution >= 4 is 27.5 Å². The molecule has 26 heavy (non-hydrogen) atoms. The van der Waals surface area contributed by atoms with Gasteiger partial charge in [0.2, 0.25) is 21.8 Å². The number of nitrogens with one attached hydrogen (secondary N) is 1. The zero-order chi connectivity index (χ0) is 18.9. The molecule has 8 heteroatoms. The molecule has 1 aromatic rings. The molecule has 2 amide bonds. The Balaban J connectivity index is 1.93. The predicted molar refractivity (Wildman–Crippen MR) is 98.4 cm³/mol. The number of piperidine rings is 1. The number of rotatable bonds is 4. The maximum Gasteiger partial charge on any atom is 0.244 e. The first kappa shape index (κ1) is 18.8. The van der Waals surface area contributed by atoms with Gasteiger partial charge in [-0.15, -0.1) is 0 Å². The van der Waals surface area contributed by atoms with Crippen LogP contribution in [0.25, 0.3) is 0 Å². The van der Waals surface area contributed by atoms with Gasteiger partial charge in [-0.05, 0) is 49.9 Å². The molecule has 0 bridgehead atoms. The highest BCUT2D eigenvalue weighted by molar-refractivity contribution is 7.89. The fourth-order valence-electron chi connectivity index (χ4n) is 3.76. The van der Waals surface area contributed by atoms with Crippen LogP contribution in [0.2, 0.25) is 0 Å². The predicted octanol–water partition coefficient (Wildman–Crippen LogP) is 1.41. The summed E-state index contributed by atoms with van der Waals surface area (Å²) < 4.78 is 27.7. The van der Waals surface area contributed by atoms with E-state index >= 15 is 0 Å². The average molecular weight is 379 g/mol. The third kappa shape index (κ3) is 3.35. The van der Waals surface area contributed by atoms with Gasteiger partial charge in [0.15, 0.2) is 0 Å². The monoisotopic (exact) mass is 379 g/mol. The minimum Gasteiger partial charge on any atom is -0.358 e. The zero-order valence-corrected chi connectivity index (χ0v) is 16.0. The van der Waals surface area contributed by atoms with Crippen molar-refractivity contribution in [2.75, 3.05) is 25.0 Å². The van der Waals surface area contributed by atoms with Gasteiger partial charge in [-0.25, -0.2) is 8.42 Å². The van der Waals surface area contributed by atoms with Gasteiger partial charge < -0.3 is 10.2 Å². The fraction of sp³-hybridized carbons (Fsp3) is 0.556. The Morgan fingerprint density at radius 1 is 1.19 bits per heavy atom. The van der Waals surface area contributed by atoms with Crippen LogP contribution < -0.4 is 10.2 Å². The van der Waals surface area contributed by atoms with Crippen molar-refractivity contribution in [1.82, 2.24) is 9.62 Å². The van der Waals surface area contributed by atoms with E-state index in [4.69, 9.17) is 0 Å². The molecule has 2 aliphatic heterocycles. The van der Waals surface area contributed by atoms with Gasteiger partial charge in [0.05, 0.1) is 4.90 Å². The summed E-state index contributed by atoms with van der Waals surface area (Å²) in [6, 6.07) is 4.32. The lowest BCUT2D eigenvalue weighted by molar-refractivity contribution is -0.125. The molecule has 2 saturated heterocycles. The Morgan fingerprint density at radius 3 is 2.58 bits per heavy atom. The van der Waals surface area contributed by atoms with Gasteiger partial charge in [-0.2, -0.15) is 4.31 Å². The molecule has 2 fully saturated rings. The average Bonchev–Trinajstić information content (AvgIpc) is 3.06. The summed E-state index contributed by atoms with van der Waals surface area (Å²) >= 11 is 0. The van der Waals surface area contributed by atoms with Crippen LogP contribution in [0, 0.1) is 6.92 Å². The summed E-state index contributed by atoms with van der Waals surface area (Å²) in [7, 11) is -2.26. The first-order valence-corrected chi connectivity index (χ1v) is 10.4. The van der Waals surface area contributed by atoms with E-state index < -0.39 is 16.1 Å². The number of anilines is 1. The van der Waals surface area contributed by atoms with Crippen LogP contribution in [0.5, 0.6) is 0 Å². The van der Waals surface area contributed by atoms with Crippen molar-refractivity contribution in [2.45, 2.75) is 50.0 Å². The number of benzene rings is 1. The molecule has 0 saturated carbocycles. The van der Waals surface area contributed by atoms with E-state index in [0.717, 1.165) is 24.9 Å². The summed E-state index contributed by atoms with van der Waals surface area (Å²) in [4.78, 5) is 26.0. The number of sulfonamides is 1. The zero-order valence-electron chi connectivity index (χ0n) is 15.2. The molecule has 7 nitrogen and oxygen atoms in total. The topological polar surface area (TPSA) is 86.8 Å². The second kappa shape index (κ2) is 7.36. The van der Waals surface area contributed by atoms with Crippen molar-refractivity contribution in [3.05, 3.63) is 23.8 Å². The number of aryl methyl sites for hydroxylation is 1. The molecule has 0 aromatic heterocycles. The number of hydrogen-bond donors (Lipinski definition) is 1. The molecule has 0 aliphatic carbocycles. The SMILES string of the molecule is CNC(=O)[C@@H]1CCCCN1S(=O)(=O)c1ccc(N2CCCC2=O)cc1C. The van der Waals surface area contributed by atoms with E-state index in [9.17, 15) is 18.0 Å². The Hall–Kier alpha value is -1.93. The van der Waals surface area contributed by atoms with E-state index in [1.807, 2.05) is 0 Å². The number of carbonyl (C=O) groups excluding carboxylic acids is 2. The summed E-state index contributed by atoms with van der Waals surface area (Å²) in [5.41, 5.74) is 1.31. The molecule has 142 valence electrons. The third-order valence-electron chi connectivity index (χ3n) is 5.13. The maximum atomic E-state index is 13.2. The van der Waals surface area contributed by atoms with E-state index in [1.54, 1.807) is 30.0 Å². The van der Waals surface area contributed by atoms with Crippen LogP contribution in [0.15, 0.2) is 23.1 Å². The molecule has 2 heterocycles. The first-order chi connectivity index (χ1) is 12.4. The summed E-state index contributed by atoms with van der Waals surface area (Å²) in [6.07, 6.45) is 3.45. The summed E-state index contributed by atoms with van der Waals surface area (Å²) in [6.45, 7) is 2.73. The normalized spacial score (nSPS) is 21.8. The minimum atomic E-state index is -3.78. The molecule has 1 atom stereocenters. The van der Waals surface area contributed by atoms with Crippen LogP contribution in [-0.2, 0) is 19.6 Å². The largest absolute Gasteiger partial charge is 0.358 e. The molecule has 1 aromatic carbocycles. The van der Waals surface area contributed by atoms with Crippen LogP contribution in [0.1, 0.15) is 37.7 Å². The lowest BCUT2D eigenvalue weighted by atomic mass is 10.0. The van der Waals surface area contributed by atoms with E-state index in [2.05, 4.69) is 5.32 Å². The highest BCUT2D eigenvalue weighted by Crippen LogP contribution is 2.30. The second-order valence-electron chi connectivity index (χ2n) is 6.84. The maximum absolute atomic E-state index is 13.2. The molecule has 0 spiro atoms. The van der Waals surface area contributed by atoms with Crippen LogP contribution >= 0.6 is 0 Å². The Bertz CT molecular complexity index is 822. The number of amides is 2. The molecular weight excluding hydrogens is 354 g/mol. The van der Waals surface area contributed by atoms with Gasteiger partial charge >= 0.3 is 0 Å². The molecular formula is C18H25N3O4S. The first-order valence-electron chi connectivity index (χ1n) is 9.00. The number of carbonyl (C=O) groups is 2. The molecule has 1 N–H and O–H groups in total. The number of likely N-dealkylation sites (N-methyl/N-ethyl adjacent to an activating group) is 1. The van der Waals surface area contributed by atoms with Gasteiger partial charge in [0.25, 0.3) is 0 Å². The van der Waals surface area contributed by atoms with Gasteiger partial charge in [-0.1, -0.05) is 6.42 Å². The van der Waals surface area contributed by atoms with E-state index in [0.29, 0.717) is 31.5 Å². The molecule has 0 radical (unpaired) electrons. The Morgan fingerprint density at radius 2 is 1.96 bits per heavy atom. The van der Waals surface area contributed by atoms with Crippen LogP contribution in [-0.4, -0.2) is 50.7 Å². The lowest BCUT2D eigenvalue weighted by Crippen LogP contribution is -2.51. The number of hydrogen-bond acceptors (Lipinski definition) is 4. The lowest BCUT2D eigenvalue weighted by Gasteiger charge is -2.33. The van der Waals surface area contributed by atoms with Gasteiger partial charge in [0, 0.05) is 32.2 Å². The minimum absolute atomic E-state index is 0.0655. The van der Waals surface area contributed by atoms with Crippen molar-refractivity contribution in [3.8, 4) is 0 Å². The van der Waals surface area contributed by atoms with E-state index in [-0.39, 0.29) is 16.7 Å². The van der Waals surface area contributed by atoms with Crippen molar-refractivity contribution in [2.24, 2.45) is 0 Å². The van der Waals surface area contributed by atoms with Gasteiger partial charge in [0.1, 0.15) is 6.04 Å². The third-order valence-corrected chi connectivity index (χ3v) is 7.20. The standard InChI is InChI=1S/C18H25N3O4S/c1-13-12-14(20-10-5-7-17(20)22)8-9-16(13)26(24,25)21-11-4-3-6-15(21)18(23)19-2/h8-9,12,15H,3-7,10-11H2,1-2H3,(H,19,23)/t15-/m0/s1. The summed E-state index contributed by atoms with van der Waals surface area (Å²) in [5.74, 6) is -0.207. The van der Waals surface area contributed by atoms with Crippen molar-refractivity contribution in [1.29, 1.82) is 0 Å². The van der Waals surface area contributed by atoms with Crippen molar-refractivity contribution < 1.29 is 18.0 Å². The fourth-order valence-corrected chi connectivity index (χ4v) is 5.62. The van der Waals surface area contributed by atoms with Crippen LogP contribution in [0.4, 0.5) is 5.69 Å². The van der Waals surface area contributed by atoms with Crippen LogP contribution in [0.3, 0.4) is 0 Å². The molecule has 0 unspecified atom stereocenters. The smallest absolute Gasteiger partial charge is 0.244 e. The Kier molecular flexibility index (Phi) is 5.34. The summed E-state index contributed by atoms with van der Waals surface area (Å²) in [5, 5.41) is 2.56. The molecule has 3 rings (SSSR count). The van der Waals surface area contributed by atoms with Gasteiger partial charge in [-0.3, -0.25) is 9.59 Å². The van der Waals surface area contributed by atoms with Crippen molar-refractivity contribution in [3.63, 3.8) is 0 Å². The molecule has 2 aliphatic rings. The quantitative estimate of drug-likeness (QED) is 0.857.